The number of nitrogens with one attached hydrogen (secondary N) is 2. The number of sulfonamides is 1. The van der Waals surface area contributed by atoms with Gasteiger partial charge in [-0.1, -0.05) is 12.8 Å². The third-order valence-corrected chi connectivity index (χ3v) is 7.86. The van der Waals surface area contributed by atoms with Crippen molar-refractivity contribution in [2.75, 3.05) is 38.6 Å². The highest BCUT2D eigenvalue weighted by atomic mass is 32.2. The molecule has 2 amide bonds. The first-order chi connectivity index (χ1) is 14.8. The molecule has 0 unspecified atom stereocenters. The molecule has 2 N–H and O–H groups in total. The molecule has 0 aromatic heterocycles. The van der Waals surface area contributed by atoms with Crippen molar-refractivity contribution in [3.63, 3.8) is 0 Å². The van der Waals surface area contributed by atoms with Crippen LogP contribution in [0.15, 0.2) is 23.1 Å². The molecule has 8 nitrogen and oxygen atoms in total. The number of benzene rings is 1. The van der Waals surface area contributed by atoms with Crippen molar-refractivity contribution in [1.82, 2.24) is 14.9 Å². The lowest BCUT2D eigenvalue weighted by atomic mass is 10.1. The first-order valence-corrected chi connectivity index (χ1v) is 12.6. The van der Waals surface area contributed by atoms with E-state index in [9.17, 15) is 18.0 Å². The summed E-state index contributed by atoms with van der Waals surface area (Å²) in [5, 5.41) is 5.82. The predicted octanol–water partition coefficient (Wildman–Crippen LogP) is 2.11. The summed E-state index contributed by atoms with van der Waals surface area (Å²) in [7, 11) is -0.719. The molecule has 1 aliphatic carbocycles. The first kappa shape index (κ1) is 23.5. The average Bonchev–Trinajstić information content (AvgIpc) is 3.26. The number of piperidine rings is 1. The summed E-state index contributed by atoms with van der Waals surface area (Å²) >= 11 is 0. The maximum absolute atomic E-state index is 13.0. The minimum Gasteiger partial charge on any atom is -0.371 e. The Morgan fingerprint density at radius 2 is 1.74 bits per heavy atom. The fraction of sp³-hybridized carbons (Fsp3) is 0.636. The minimum absolute atomic E-state index is 0.0626. The molecule has 0 spiro atoms. The van der Waals surface area contributed by atoms with Crippen molar-refractivity contribution in [3.8, 4) is 0 Å². The van der Waals surface area contributed by atoms with Crippen molar-refractivity contribution in [3.05, 3.63) is 23.8 Å². The minimum atomic E-state index is -3.66. The van der Waals surface area contributed by atoms with Gasteiger partial charge in [0.2, 0.25) is 15.9 Å². The monoisotopic (exact) mass is 450 g/mol. The molecule has 172 valence electrons. The van der Waals surface area contributed by atoms with Crippen LogP contribution >= 0.6 is 0 Å². The van der Waals surface area contributed by atoms with Gasteiger partial charge in [-0.15, -0.1) is 0 Å². The number of hydrogen-bond acceptors (Lipinski definition) is 5. The van der Waals surface area contributed by atoms with E-state index in [0.29, 0.717) is 5.56 Å². The zero-order chi connectivity index (χ0) is 22.4. The fourth-order valence-corrected chi connectivity index (χ4v) is 5.16. The van der Waals surface area contributed by atoms with E-state index in [0.717, 1.165) is 68.0 Å². The Hall–Kier alpha value is -2.13. The van der Waals surface area contributed by atoms with E-state index >= 15 is 0 Å². The summed E-state index contributed by atoms with van der Waals surface area (Å²) in [6.07, 6.45) is 7.77. The molecule has 0 atom stereocenters. The molecular weight excluding hydrogens is 416 g/mol. The lowest BCUT2D eigenvalue weighted by molar-refractivity contribution is -0.121. The van der Waals surface area contributed by atoms with Gasteiger partial charge in [0.15, 0.2) is 0 Å². The van der Waals surface area contributed by atoms with Gasteiger partial charge in [0, 0.05) is 51.9 Å². The first-order valence-electron chi connectivity index (χ1n) is 11.2. The Morgan fingerprint density at radius 3 is 2.39 bits per heavy atom. The van der Waals surface area contributed by atoms with Gasteiger partial charge in [0.05, 0.1) is 10.5 Å². The Kier molecular flexibility index (Phi) is 7.94. The van der Waals surface area contributed by atoms with E-state index in [1.54, 1.807) is 12.1 Å². The average molecular weight is 451 g/mol. The SMILES string of the molecule is CN(C)S(=O)(=O)c1ccc(N2CCCCC2)c(C(=O)NCCC(=O)NC2CCCC2)c1. The van der Waals surface area contributed by atoms with Gasteiger partial charge in [-0.3, -0.25) is 9.59 Å². The molecule has 3 rings (SSSR count). The van der Waals surface area contributed by atoms with Crippen LogP contribution in [-0.2, 0) is 14.8 Å². The molecule has 2 aliphatic rings. The summed E-state index contributed by atoms with van der Waals surface area (Å²) in [5.41, 5.74) is 1.08. The Bertz CT molecular complexity index is 889. The molecule has 1 saturated carbocycles. The second-order valence-electron chi connectivity index (χ2n) is 8.57. The number of carbonyl (C=O) groups excluding carboxylic acids is 2. The van der Waals surface area contributed by atoms with Crippen LogP contribution in [0.1, 0.15) is 61.7 Å². The maximum Gasteiger partial charge on any atom is 0.253 e. The van der Waals surface area contributed by atoms with E-state index in [1.807, 2.05) is 0 Å². The summed E-state index contributed by atoms with van der Waals surface area (Å²) in [6.45, 7) is 1.88. The second-order valence-corrected chi connectivity index (χ2v) is 10.7. The van der Waals surface area contributed by atoms with Crippen LogP contribution in [0.5, 0.6) is 0 Å². The Morgan fingerprint density at radius 1 is 1.06 bits per heavy atom. The molecule has 0 bridgehead atoms. The number of hydrogen-bond donors (Lipinski definition) is 2. The molecule has 1 saturated heterocycles. The zero-order valence-electron chi connectivity index (χ0n) is 18.5. The summed E-state index contributed by atoms with van der Waals surface area (Å²) in [5.74, 6) is -0.419. The van der Waals surface area contributed by atoms with Gasteiger partial charge in [-0.2, -0.15) is 0 Å². The van der Waals surface area contributed by atoms with Gasteiger partial charge >= 0.3 is 0 Å². The quantitative estimate of drug-likeness (QED) is 0.632. The van der Waals surface area contributed by atoms with Crippen LogP contribution in [0.2, 0.25) is 0 Å². The standard InChI is InChI=1S/C22H34N4O4S/c1-25(2)31(29,30)18-10-11-20(26-14-6-3-7-15-26)19(16-18)22(28)23-13-12-21(27)24-17-8-4-5-9-17/h10-11,16-17H,3-9,12-15H2,1-2H3,(H,23,28)(H,24,27). The molecule has 0 radical (unpaired) electrons. The highest BCUT2D eigenvalue weighted by molar-refractivity contribution is 7.89. The zero-order valence-corrected chi connectivity index (χ0v) is 19.3. The highest BCUT2D eigenvalue weighted by Crippen LogP contribution is 2.28. The van der Waals surface area contributed by atoms with Crippen molar-refractivity contribution < 1.29 is 18.0 Å². The number of nitrogens with zero attached hydrogens (tertiary/aromatic N) is 2. The van der Waals surface area contributed by atoms with Crippen molar-refractivity contribution in [1.29, 1.82) is 0 Å². The van der Waals surface area contributed by atoms with Crippen LogP contribution in [0.3, 0.4) is 0 Å². The van der Waals surface area contributed by atoms with E-state index < -0.39 is 10.0 Å². The molecule has 2 fully saturated rings. The predicted molar refractivity (Wildman–Crippen MR) is 121 cm³/mol. The van der Waals surface area contributed by atoms with Gasteiger partial charge in [0.25, 0.3) is 5.91 Å². The van der Waals surface area contributed by atoms with Crippen LogP contribution < -0.4 is 15.5 Å². The van der Waals surface area contributed by atoms with E-state index in [4.69, 9.17) is 0 Å². The molecule has 9 heteroatoms. The van der Waals surface area contributed by atoms with Gasteiger partial charge in [0.1, 0.15) is 0 Å². The van der Waals surface area contributed by atoms with Gasteiger partial charge in [-0.25, -0.2) is 12.7 Å². The summed E-state index contributed by atoms with van der Waals surface area (Å²) < 4.78 is 26.3. The van der Waals surface area contributed by atoms with Gasteiger partial charge < -0.3 is 15.5 Å². The highest BCUT2D eigenvalue weighted by Gasteiger charge is 2.24. The van der Waals surface area contributed by atoms with Crippen molar-refractivity contribution >= 4 is 27.5 Å². The van der Waals surface area contributed by atoms with Crippen LogP contribution in [0.25, 0.3) is 0 Å². The van der Waals surface area contributed by atoms with Crippen molar-refractivity contribution in [2.45, 2.75) is 62.3 Å². The number of carbonyl (C=O) groups is 2. The molecule has 31 heavy (non-hydrogen) atoms. The van der Waals surface area contributed by atoms with E-state index in [1.165, 1.54) is 20.2 Å². The van der Waals surface area contributed by atoms with Crippen LogP contribution in [-0.4, -0.2) is 64.3 Å². The number of rotatable bonds is 8. The topological polar surface area (TPSA) is 98.8 Å². The largest absolute Gasteiger partial charge is 0.371 e. The Balaban J connectivity index is 1.72. The Labute approximate surface area is 185 Å². The number of anilines is 1. The third-order valence-electron chi connectivity index (χ3n) is 6.05. The van der Waals surface area contributed by atoms with E-state index in [2.05, 4.69) is 15.5 Å². The smallest absolute Gasteiger partial charge is 0.253 e. The molecule has 1 aromatic rings. The maximum atomic E-state index is 13.0. The third kappa shape index (κ3) is 5.98. The van der Waals surface area contributed by atoms with Crippen LogP contribution in [0, 0.1) is 0 Å². The van der Waals surface area contributed by atoms with Gasteiger partial charge in [-0.05, 0) is 50.3 Å². The fourth-order valence-electron chi connectivity index (χ4n) is 4.23. The molecule has 1 aliphatic heterocycles. The van der Waals surface area contributed by atoms with Crippen molar-refractivity contribution in [2.24, 2.45) is 0 Å². The lowest BCUT2D eigenvalue weighted by Crippen LogP contribution is -2.36. The second kappa shape index (κ2) is 10.5. The molecule has 1 aromatic carbocycles. The van der Waals surface area contributed by atoms with E-state index in [-0.39, 0.29) is 35.7 Å². The molecular formula is C22H34N4O4S. The summed E-state index contributed by atoms with van der Waals surface area (Å²) in [4.78, 5) is 27.4. The van der Waals surface area contributed by atoms with Crippen LogP contribution in [0.4, 0.5) is 5.69 Å². The normalized spacial score (nSPS) is 17.7. The lowest BCUT2D eigenvalue weighted by Gasteiger charge is -2.30. The summed E-state index contributed by atoms with van der Waals surface area (Å²) in [6, 6.07) is 4.99. The molecule has 1 heterocycles. The number of amides is 2.